The number of sulfonamides is 1. The molecule has 6 heteroatoms. The van der Waals surface area contributed by atoms with Gasteiger partial charge in [-0.2, -0.15) is 0 Å². The van der Waals surface area contributed by atoms with Gasteiger partial charge >= 0.3 is 0 Å². The van der Waals surface area contributed by atoms with E-state index < -0.39 is 10.0 Å². The number of rotatable bonds is 5. The van der Waals surface area contributed by atoms with Gasteiger partial charge in [0.2, 0.25) is 10.0 Å². The van der Waals surface area contributed by atoms with Crippen molar-refractivity contribution in [1.29, 1.82) is 0 Å². The molecule has 0 radical (unpaired) electrons. The predicted molar refractivity (Wildman–Crippen MR) is 74.2 cm³/mol. The molecule has 0 heterocycles. The van der Waals surface area contributed by atoms with Gasteiger partial charge in [-0.05, 0) is 23.6 Å². The molecule has 0 bridgehead atoms. The number of alkyl halides is 1. The molecular weight excluding hydrogens is 326 g/mol. The predicted octanol–water partition coefficient (Wildman–Crippen LogP) is 3.04. The maximum absolute atomic E-state index is 12.0. The number of halogens is 2. The number of benzene rings is 1. The number of nitrogens with one attached hydrogen (secondary N) is 1. The molecule has 1 aromatic carbocycles. The summed E-state index contributed by atoms with van der Waals surface area (Å²) in [5, 5.41) is 1.13. The first-order valence-electron chi connectivity index (χ1n) is 5.08. The Labute approximate surface area is 116 Å². The van der Waals surface area contributed by atoms with Gasteiger partial charge in [-0.25, -0.2) is 13.1 Å². The second-order valence-corrected chi connectivity index (χ2v) is 7.34. The maximum atomic E-state index is 12.0. The fourth-order valence-corrected chi connectivity index (χ4v) is 2.80. The van der Waals surface area contributed by atoms with Crippen LogP contribution in [0.15, 0.2) is 29.2 Å². The minimum atomic E-state index is -3.48. The summed E-state index contributed by atoms with van der Waals surface area (Å²) in [4.78, 5) is 0.190. The first-order valence-corrected chi connectivity index (χ1v) is 8.06. The van der Waals surface area contributed by atoms with Crippen molar-refractivity contribution < 1.29 is 8.42 Å². The van der Waals surface area contributed by atoms with E-state index in [1.54, 1.807) is 12.1 Å². The first-order chi connectivity index (χ1) is 7.77. The Kier molecular flexibility index (Phi) is 5.01. The highest BCUT2D eigenvalue weighted by Crippen LogP contribution is 2.19. The van der Waals surface area contributed by atoms with E-state index in [2.05, 4.69) is 20.7 Å². The SMILES string of the molecule is CC(C)(CBr)CNS(=O)(=O)c1cccc(Cl)c1. The van der Waals surface area contributed by atoms with Gasteiger partial charge in [0.25, 0.3) is 0 Å². The van der Waals surface area contributed by atoms with E-state index in [1.807, 2.05) is 13.8 Å². The molecule has 1 N–H and O–H groups in total. The van der Waals surface area contributed by atoms with Crippen LogP contribution in [0.25, 0.3) is 0 Å². The summed E-state index contributed by atoms with van der Waals surface area (Å²) in [7, 11) is -3.48. The van der Waals surface area contributed by atoms with E-state index in [1.165, 1.54) is 12.1 Å². The molecule has 0 amide bonds. The van der Waals surface area contributed by atoms with Crippen molar-refractivity contribution in [2.75, 3.05) is 11.9 Å². The van der Waals surface area contributed by atoms with Crippen LogP contribution in [0, 0.1) is 5.41 Å². The molecule has 96 valence electrons. The van der Waals surface area contributed by atoms with E-state index in [0.29, 0.717) is 11.6 Å². The Hall–Kier alpha value is -0.100. The van der Waals surface area contributed by atoms with Gasteiger partial charge in [-0.15, -0.1) is 0 Å². The zero-order chi connectivity index (χ0) is 13.1. The molecule has 0 aromatic heterocycles. The van der Waals surface area contributed by atoms with Crippen molar-refractivity contribution in [3.63, 3.8) is 0 Å². The molecule has 0 atom stereocenters. The summed E-state index contributed by atoms with van der Waals surface area (Å²) in [6, 6.07) is 6.22. The molecule has 0 saturated carbocycles. The Morgan fingerprint density at radius 3 is 2.59 bits per heavy atom. The summed E-state index contributed by atoms with van der Waals surface area (Å²) in [6.45, 7) is 4.32. The van der Waals surface area contributed by atoms with Crippen LogP contribution >= 0.6 is 27.5 Å². The van der Waals surface area contributed by atoms with Crippen LogP contribution in [0.2, 0.25) is 5.02 Å². The van der Waals surface area contributed by atoms with Gasteiger partial charge in [-0.3, -0.25) is 0 Å². The summed E-state index contributed by atoms with van der Waals surface area (Å²) < 4.78 is 26.5. The summed E-state index contributed by atoms with van der Waals surface area (Å²) in [5.74, 6) is 0. The molecule has 1 rings (SSSR count). The van der Waals surface area contributed by atoms with Crippen LogP contribution in [0.1, 0.15) is 13.8 Å². The summed E-state index contributed by atoms with van der Waals surface area (Å²) in [5.41, 5.74) is -0.133. The average Bonchev–Trinajstić information content (AvgIpc) is 2.27. The van der Waals surface area contributed by atoms with Crippen molar-refractivity contribution >= 4 is 37.6 Å². The van der Waals surface area contributed by atoms with Gasteiger partial charge in [0.05, 0.1) is 4.90 Å². The Balaban J connectivity index is 2.83. The van der Waals surface area contributed by atoms with Crippen molar-refractivity contribution in [3.8, 4) is 0 Å². The fraction of sp³-hybridized carbons (Fsp3) is 0.455. The molecule has 0 saturated heterocycles. The van der Waals surface area contributed by atoms with Crippen LogP contribution in [0.5, 0.6) is 0 Å². The van der Waals surface area contributed by atoms with E-state index in [4.69, 9.17) is 11.6 Å². The van der Waals surface area contributed by atoms with Gasteiger partial charge in [0, 0.05) is 16.9 Å². The minimum absolute atomic E-state index is 0.133. The topological polar surface area (TPSA) is 46.2 Å². The van der Waals surface area contributed by atoms with Crippen LogP contribution in [-0.4, -0.2) is 20.3 Å². The average molecular weight is 341 g/mol. The lowest BCUT2D eigenvalue weighted by atomic mass is 9.98. The zero-order valence-electron chi connectivity index (χ0n) is 9.70. The lowest BCUT2D eigenvalue weighted by molar-refractivity contribution is 0.420. The van der Waals surface area contributed by atoms with Gasteiger partial charge < -0.3 is 0 Å². The highest BCUT2D eigenvalue weighted by Gasteiger charge is 2.21. The van der Waals surface area contributed by atoms with Gasteiger partial charge in [0.15, 0.2) is 0 Å². The number of hydrogen-bond donors (Lipinski definition) is 1. The lowest BCUT2D eigenvalue weighted by Gasteiger charge is -2.21. The van der Waals surface area contributed by atoms with E-state index in [-0.39, 0.29) is 10.3 Å². The van der Waals surface area contributed by atoms with Gasteiger partial charge in [0.1, 0.15) is 0 Å². The third-order valence-electron chi connectivity index (χ3n) is 2.21. The quantitative estimate of drug-likeness (QED) is 0.837. The van der Waals surface area contributed by atoms with Gasteiger partial charge in [-0.1, -0.05) is 47.4 Å². The third-order valence-corrected chi connectivity index (χ3v) is 5.36. The summed E-state index contributed by atoms with van der Waals surface area (Å²) >= 11 is 9.12. The molecule has 0 unspecified atom stereocenters. The van der Waals surface area contributed by atoms with Crippen molar-refractivity contribution in [2.24, 2.45) is 5.41 Å². The third kappa shape index (κ3) is 4.58. The van der Waals surface area contributed by atoms with Crippen LogP contribution in [0.3, 0.4) is 0 Å². The summed E-state index contributed by atoms with van der Waals surface area (Å²) in [6.07, 6.45) is 0. The second kappa shape index (κ2) is 5.69. The van der Waals surface area contributed by atoms with Crippen molar-refractivity contribution in [2.45, 2.75) is 18.7 Å². The van der Waals surface area contributed by atoms with Crippen LogP contribution < -0.4 is 4.72 Å². The molecule has 0 aliphatic rings. The van der Waals surface area contributed by atoms with E-state index in [9.17, 15) is 8.42 Å². The Morgan fingerprint density at radius 2 is 2.06 bits per heavy atom. The molecule has 0 fully saturated rings. The Bertz CT molecular complexity index is 488. The minimum Gasteiger partial charge on any atom is -0.211 e. The molecule has 1 aromatic rings. The second-order valence-electron chi connectivity index (χ2n) is 4.58. The monoisotopic (exact) mass is 339 g/mol. The maximum Gasteiger partial charge on any atom is 0.240 e. The van der Waals surface area contributed by atoms with E-state index in [0.717, 1.165) is 5.33 Å². The van der Waals surface area contributed by atoms with Crippen LogP contribution in [0.4, 0.5) is 0 Å². The van der Waals surface area contributed by atoms with Crippen molar-refractivity contribution in [3.05, 3.63) is 29.3 Å². The molecule has 0 aliphatic heterocycles. The zero-order valence-corrected chi connectivity index (χ0v) is 12.9. The van der Waals surface area contributed by atoms with Crippen molar-refractivity contribution in [1.82, 2.24) is 4.72 Å². The highest BCUT2D eigenvalue weighted by molar-refractivity contribution is 9.09. The normalized spacial score (nSPS) is 12.7. The molecule has 3 nitrogen and oxygen atoms in total. The number of hydrogen-bond acceptors (Lipinski definition) is 2. The molecular formula is C11H15BrClNO2S. The molecule has 0 spiro atoms. The first kappa shape index (κ1) is 15.0. The highest BCUT2D eigenvalue weighted by atomic mass is 79.9. The van der Waals surface area contributed by atoms with Crippen LogP contribution in [-0.2, 0) is 10.0 Å². The molecule has 17 heavy (non-hydrogen) atoms. The Morgan fingerprint density at radius 1 is 1.41 bits per heavy atom. The largest absolute Gasteiger partial charge is 0.240 e. The smallest absolute Gasteiger partial charge is 0.211 e. The molecule has 0 aliphatic carbocycles. The lowest BCUT2D eigenvalue weighted by Crippen LogP contribution is -2.34. The standard InChI is InChI=1S/C11H15BrClNO2S/c1-11(2,7-12)8-14-17(15,16)10-5-3-4-9(13)6-10/h3-6,14H,7-8H2,1-2H3. The van der Waals surface area contributed by atoms with E-state index >= 15 is 0 Å². The fourth-order valence-electron chi connectivity index (χ4n) is 1.06.